The molecule has 0 fully saturated rings. The molecule has 0 spiro atoms. The van der Waals surface area contributed by atoms with Gasteiger partial charge >= 0.3 is 11.9 Å². The van der Waals surface area contributed by atoms with Gasteiger partial charge in [-0.15, -0.1) is 0 Å². The van der Waals surface area contributed by atoms with Gasteiger partial charge in [-0.25, -0.2) is 0 Å². The number of likely N-dealkylation sites (N-methyl/N-ethyl adjacent to an activating group) is 2. The number of halogens is 4. The summed E-state index contributed by atoms with van der Waals surface area (Å²) in [6, 6.07) is 17.7. The van der Waals surface area contributed by atoms with Gasteiger partial charge in [0, 0.05) is 0 Å². The number of hydrogen-bond acceptors (Lipinski definition) is 6. The van der Waals surface area contributed by atoms with E-state index in [2.05, 4.69) is 0 Å². The molecule has 0 saturated heterocycles. The first-order valence-electron chi connectivity index (χ1n) is 12.6. The van der Waals surface area contributed by atoms with Crippen molar-refractivity contribution in [2.45, 2.75) is 24.9 Å². The molecular formula is C28H44Cl2F2N4O4. The average molecular weight is 610 g/mol. The number of benzene rings is 2. The van der Waals surface area contributed by atoms with E-state index in [9.17, 15) is 18.4 Å². The fourth-order valence-corrected chi connectivity index (χ4v) is 3.02. The molecule has 12 heteroatoms. The van der Waals surface area contributed by atoms with Gasteiger partial charge in [0.05, 0.1) is 28.2 Å². The van der Waals surface area contributed by atoms with Gasteiger partial charge in [-0.3, -0.25) is 18.6 Å². The van der Waals surface area contributed by atoms with Crippen molar-refractivity contribution < 1.29 is 61.6 Å². The zero-order chi connectivity index (χ0) is 28.6. The fourth-order valence-electron chi connectivity index (χ4n) is 3.02. The van der Waals surface area contributed by atoms with Gasteiger partial charge < -0.3 is 45.8 Å². The number of esters is 2. The molecule has 8 nitrogen and oxygen atoms in total. The summed E-state index contributed by atoms with van der Waals surface area (Å²) in [7, 11) is 6.94. The van der Waals surface area contributed by atoms with E-state index in [1.165, 1.54) is 0 Å². The highest BCUT2D eigenvalue weighted by Gasteiger charge is 2.20. The van der Waals surface area contributed by atoms with E-state index in [-0.39, 0.29) is 47.0 Å². The number of quaternary nitrogens is 2. The normalized spacial score (nSPS) is 12.4. The lowest BCUT2D eigenvalue weighted by Crippen LogP contribution is -3.00. The van der Waals surface area contributed by atoms with Crippen molar-refractivity contribution in [1.82, 2.24) is 0 Å². The zero-order valence-corrected chi connectivity index (χ0v) is 25.3. The van der Waals surface area contributed by atoms with E-state index in [1.54, 1.807) is 28.2 Å². The topological polar surface area (TPSA) is 105 Å². The van der Waals surface area contributed by atoms with Crippen LogP contribution in [0.3, 0.4) is 0 Å². The second-order valence-electron chi connectivity index (χ2n) is 10.5. The SMILES string of the molecule is C[N+](C)(CF)CCOC(=O)C(N)Cc1ccccc1.C[N+](C)(CF)CCOC(=O)C(N)Cc1ccccc1.[Cl-].[Cl-]. The van der Waals surface area contributed by atoms with Crippen LogP contribution in [0.25, 0.3) is 0 Å². The lowest BCUT2D eigenvalue weighted by atomic mass is 10.1. The molecule has 0 heterocycles. The molecule has 2 rings (SSSR count). The molecule has 0 bridgehead atoms. The Morgan fingerprint density at radius 1 is 0.675 bits per heavy atom. The third-order valence-corrected chi connectivity index (χ3v) is 5.73. The lowest BCUT2D eigenvalue weighted by Gasteiger charge is -2.25. The fraction of sp³-hybridized carbons (Fsp3) is 0.500. The third-order valence-electron chi connectivity index (χ3n) is 5.73. The molecule has 0 saturated carbocycles. The first kappa shape index (κ1) is 39.8. The molecule has 2 aromatic carbocycles. The van der Waals surface area contributed by atoms with Gasteiger partial charge in [-0.2, -0.15) is 8.78 Å². The highest BCUT2D eigenvalue weighted by molar-refractivity contribution is 5.76. The van der Waals surface area contributed by atoms with Gasteiger partial charge in [0.15, 0.2) is 0 Å². The van der Waals surface area contributed by atoms with Gasteiger partial charge in [0.2, 0.25) is 13.6 Å². The van der Waals surface area contributed by atoms with Crippen LogP contribution in [-0.2, 0) is 31.9 Å². The van der Waals surface area contributed by atoms with Crippen LogP contribution < -0.4 is 36.3 Å². The van der Waals surface area contributed by atoms with Crippen LogP contribution in [0.1, 0.15) is 11.1 Å². The monoisotopic (exact) mass is 608 g/mol. The summed E-state index contributed by atoms with van der Waals surface area (Å²) in [6.07, 6.45) is 0.891. The maximum Gasteiger partial charge on any atom is 0.323 e. The van der Waals surface area contributed by atoms with Crippen LogP contribution in [0, 0.1) is 0 Å². The summed E-state index contributed by atoms with van der Waals surface area (Å²) in [4.78, 5) is 23.3. The predicted octanol–water partition coefficient (Wildman–Crippen LogP) is -3.79. The molecule has 2 atom stereocenters. The van der Waals surface area contributed by atoms with E-state index in [0.29, 0.717) is 25.9 Å². The van der Waals surface area contributed by atoms with Crippen LogP contribution in [0.15, 0.2) is 60.7 Å². The molecule has 4 N–H and O–H groups in total. The number of nitrogens with two attached hydrogens (primary N) is 2. The highest BCUT2D eigenvalue weighted by Crippen LogP contribution is 2.05. The van der Waals surface area contributed by atoms with Crippen LogP contribution >= 0.6 is 0 Å². The molecule has 40 heavy (non-hydrogen) atoms. The summed E-state index contributed by atoms with van der Waals surface area (Å²) in [5.41, 5.74) is 13.5. The molecule has 0 aliphatic carbocycles. The Hall–Kier alpha value is -2.34. The van der Waals surface area contributed by atoms with E-state index in [1.807, 2.05) is 60.7 Å². The molecule has 228 valence electrons. The number of rotatable bonds is 14. The minimum atomic E-state index is -0.677. The van der Waals surface area contributed by atoms with Crippen LogP contribution in [-0.4, -0.2) is 101 Å². The summed E-state index contributed by atoms with van der Waals surface area (Å²) < 4.78 is 35.6. The standard InChI is InChI=1S/2C14H22FN2O2.2ClH/c2*1-17(2,11-15)8-9-19-14(18)13(16)10-12-6-4-3-5-7-12;;/h2*3-7,13H,8-11,16H2,1-2H3;2*1H/q2*+1;;/p-2. The summed E-state index contributed by atoms with van der Waals surface area (Å²) >= 11 is 0. The Bertz CT molecular complexity index is 880. The van der Waals surface area contributed by atoms with E-state index in [4.69, 9.17) is 20.9 Å². The quantitative estimate of drug-likeness (QED) is 0.130. The Labute approximate surface area is 249 Å². The van der Waals surface area contributed by atoms with Crippen molar-refractivity contribution in [1.29, 1.82) is 0 Å². The van der Waals surface area contributed by atoms with Crippen molar-refractivity contribution in [2.75, 3.05) is 68.1 Å². The minimum absolute atomic E-state index is 0. The molecule has 0 aliphatic rings. The van der Waals surface area contributed by atoms with Crippen molar-refractivity contribution in [3.05, 3.63) is 71.8 Å². The predicted molar refractivity (Wildman–Crippen MR) is 144 cm³/mol. The van der Waals surface area contributed by atoms with Gasteiger partial charge in [0.1, 0.15) is 38.4 Å². The first-order chi connectivity index (χ1) is 17.9. The third kappa shape index (κ3) is 17.4. The van der Waals surface area contributed by atoms with Gasteiger partial charge in [0.25, 0.3) is 0 Å². The van der Waals surface area contributed by atoms with Crippen LogP contribution in [0.4, 0.5) is 8.78 Å². The second-order valence-corrected chi connectivity index (χ2v) is 10.5. The van der Waals surface area contributed by atoms with Gasteiger partial charge in [-0.1, -0.05) is 60.7 Å². The average Bonchev–Trinajstić information content (AvgIpc) is 2.90. The molecule has 0 amide bonds. The molecule has 2 unspecified atom stereocenters. The highest BCUT2D eigenvalue weighted by atomic mass is 35.5. The largest absolute Gasteiger partial charge is 1.00 e. The Morgan fingerprint density at radius 3 is 1.25 bits per heavy atom. The lowest BCUT2D eigenvalue weighted by molar-refractivity contribution is -0.902. The smallest absolute Gasteiger partial charge is 0.323 e. The minimum Gasteiger partial charge on any atom is -1.00 e. The number of hydrogen-bond donors (Lipinski definition) is 2. The van der Waals surface area contributed by atoms with Crippen molar-refractivity contribution in [3.63, 3.8) is 0 Å². The number of carbonyl (C=O) groups is 2. The molecule has 0 aromatic heterocycles. The van der Waals surface area contributed by atoms with Crippen molar-refractivity contribution in [3.8, 4) is 0 Å². The number of nitrogens with zero attached hydrogens (tertiary/aromatic N) is 2. The zero-order valence-electron chi connectivity index (χ0n) is 23.8. The maximum atomic E-state index is 12.5. The van der Waals surface area contributed by atoms with E-state index < -0.39 is 37.6 Å². The molecule has 2 aromatic rings. The van der Waals surface area contributed by atoms with Crippen molar-refractivity contribution in [2.24, 2.45) is 11.5 Å². The van der Waals surface area contributed by atoms with Crippen LogP contribution in [0.2, 0.25) is 0 Å². The van der Waals surface area contributed by atoms with Crippen LogP contribution in [0.5, 0.6) is 0 Å². The molecular weight excluding hydrogens is 565 g/mol. The molecule has 0 aliphatic heterocycles. The van der Waals surface area contributed by atoms with Gasteiger partial charge in [-0.05, 0) is 24.0 Å². The Morgan fingerprint density at radius 2 is 0.975 bits per heavy atom. The Kier molecular flexibility index (Phi) is 20.4. The first-order valence-corrected chi connectivity index (χ1v) is 12.6. The number of alkyl halides is 2. The van der Waals surface area contributed by atoms with E-state index in [0.717, 1.165) is 11.1 Å². The summed E-state index contributed by atoms with van der Waals surface area (Å²) in [5.74, 6) is -0.884. The summed E-state index contributed by atoms with van der Waals surface area (Å²) in [5, 5.41) is 0. The molecule has 0 radical (unpaired) electrons. The Balaban J connectivity index is 0. The number of ether oxygens (including phenoxy) is 2. The second kappa shape index (κ2) is 20.5. The van der Waals surface area contributed by atoms with E-state index >= 15 is 0 Å². The van der Waals surface area contributed by atoms with Crippen molar-refractivity contribution >= 4 is 11.9 Å². The summed E-state index contributed by atoms with van der Waals surface area (Å²) in [6.45, 7) is 0.234. The number of carbonyl (C=O) groups excluding carboxylic acids is 2. The maximum absolute atomic E-state index is 12.5.